The smallest absolute Gasteiger partial charge is 0.348 e. The van der Waals surface area contributed by atoms with Crippen LogP contribution < -0.4 is 10.2 Å². The summed E-state index contributed by atoms with van der Waals surface area (Å²) in [6, 6.07) is 0. The van der Waals surface area contributed by atoms with Gasteiger partial charge in [-0.1, -0.05) is 19.6 Å². The summed E-state index contributed by atoms with van der Waals surface area (Å²) in [5.74, 6) is -0.694. The Kier molecular flexibility index (Phi) is 8.19. The van der Waals surface area contributed by atoms with Gasteiger partial charge in [0.2, 0.25) is 0 Å². The number of carbonyl (C=O) groups is 3. The molecule has 0 aliphatic carbocycles. The second-order valence-electron chi connectivity index (χ2n) is 7.04. The van der Waals surface area contributed by atoms with Gasteiger partial charge in [0.05, 0.1) is 25.3 Å². The first kappa shape index (κ1) is 22.1. The second-order valence-corrected chi connectivity index (χ2v) is 8.07. The summed E-state index contributed by atoms with van der Waals surface area (Å²) in [5.41, 5.74) is 0.666. The highest BCUT2D eigenvalue weighted by atomic mass is 32.1. The van der Waals surface area contributed by atoms with E-state index < -0.39 is 11.9 Å². The van der Waals surface area contributed by atoms with Crippen molar-refractivity contribution in [2.75, 3.05) is 38.2 Å². The molecule has 154 valence electrons. The maximum absolute atomic E-state index is 12.6. The van der Waals surface area contributed by atoms with Crippen molar-refractivity contribution in [3.63, 3.8) is 0 Å². The zero-order valence-corrected chi connectivity index (χ0v) is 17.6. The van der Waals surface area contributed by atoms with Crippen molar-refractivity contribution in [1.82, 2.24) is 0 Å². The number of ether oxygens (including phenoxy) is 2. The molecule has 0 bridgehead atoms. The SMILES string of the molecule is C=CCOC(=O)c1sc(NC(=O)C[NH+]2CCC[C@@H](C)C2)c(C(=O)OCC)c1C. The van der Waals surface area contributed by atoms with Crippen molar-refractivity contribution in [3.05, 3.63) is 28.7 Å². The van der Waals surface area contributed by atoms with E-state index in [-0.39, 0.29) is 29.6 Å². The van der Waals surface area contributed by atoms with Gasteiger partial charge in [-0.15, -0.1) is 11.3 Å². The minimum Gasteiger partial charge on any atom is -0.462 e. The fraction of sp³-hybridized carbons (Fsp3) is 0.550. The van der Waals surface area contributed by atoms with E-state index in [0.29, 0.717) is 23.0 Å². The summed E-state index contributed by atoms with van der Waals surface area (Å²) in [7, 11) is 0. The number of hydrogen-bond acceptors (Lipinski definition) is 6. The van der Waals surface area contributed by atoms with E-state index in [4.69, 9.17) is 9.47 Å². The molecular weight excluding hydrogens is 380 g/mol. The molecule has 1 amide bonds. The molecule has 1 fully saturated rings. The van der Waals surface area contributed by atoms with E-state index in [9.17, 15) is 14.4 Å². The van der Waals surface area contributed by atoms with Gasteiger partial charge in [0.25, 0.3) is 5.91 Å². The van der Waals surface area contributed by atoms with E-state index in [1.807, 2.05) is 0 Å². The first-order valence-electron chi connectivity index (χ1n) is 9.59. The third-order valence-corrected chi connectivity index (χ3v) is 5.86. The molecular formula is C20H29N2O5S+. The standard InChI is InChI=1S/C20H28N2O5S/c1-5-10-27-20(25)17-14(4)16(19(24)26-6-2)18(28-17)21-15(23)12-22-9-7-8-13(3)11-22/h5,13H,1,6-12H2,2-4H3,(H,21,23)/p+1/t13-/m1/s1. The number of carbonyl (C=O) groups excluding carboxylic acids is 3. The Balaban J connectivity index is 2.20. The van der Waals surface area contributed by atoms with E-state index >= 15 is 0 Å². The molecule has 1 aliphatic rings. The third kappa shape index (κ3) is 5.65. The van der Waals surface area contributed by atoms with Crippen LogP contribution in [0.15, 0.2) is 12.7 Å². The predicted octanol–water partition coefficient (Wildman–Crippen LogP) is 1.83. The van der Waals surface area contributed by atoms with Crippen LogP contribution >= 0.6 is 11.3 Å². The lowest BCUT2D eigenvalue weighted by molar-refractivity contribution is -0.900. The van der Waals surface area contributed by atoms with Crippen LogP contribution in [0.1, 0.15) is 52.3 Å². The Hall–Kier alpha value is -2.19. The van der Waals surface area contributed by atoms with Crippen molar-refractivity contribution < 1.29 is 28.8 Å². The number of piperidine rings is 1. The molecule has 1 saturated heterocycles. The van der Waals surface area contributed by atoms with Crippen LogP contribution in [0.2, 0.25) is 0 Å². The number of amides is 1. The summed E-state index contributed by atoms with van der Waals surface area (Å²) in [4.78, 5) is 38.8. The lowest BCUT2D eigenvalue weighted by Gasteiger charge is -2.27. The third-order valence-electron chi connectivity index (χ3n) is 4.67. The monoisotopic (exact) mass is 409 g/mol. The predicted molar refractivity (Wildman–Crippen MR) is 108 cm³/mol. The molecule has 2 N–H and O–H groups in total. The molecule has 0 radical (unpaired) electrons. The highest BCUT2D eigenvalue weighted by Gasteiger charge is 2.28. The molecule has 7 nitrogen and oxygen atoms in total. The summed E-state index contributed by atoms with van der Waals surface area (Å²) >= 11 is 1.04. The quantitative estimate of drug-likeness (QED) is 0.505. The first-order valence-corrected chi connectivity index (χ1v) is 10.4. The van der Waals surface area contributed by atoms with Gasteiger partial charge in [-0.25, -0.2) is 9.59 Å². The molecule has 28 heavy (non-hydrogen) atoms. The average molecular weight is 410 g/mol. The fourth-order valence-corrected chi connectivity index (χ4v) is 4.51. The van der Waals surface area contributed by atoms with Crippen molar-refractivity contribution >= 4 is 34.2 Å². The first-order chi connectivity index (χ1) is 13.4. The number of likely N-dealkylation sites (tertiary alicyclic amines) is 1. The fourth-order valence-electron chi connectivity index (χ4n) is 3.40. The largest absolute Gasteiger partial charge is 0.462 e. The van der Waals surface area contributed by atoms with Crippen LogP contribution in [-0.2, 0) is 14.3 Å². The van der Waals surface area contributed by atoms with Crippen LogP contribution in [-0.4, -0.2) is 50.7 Å². The zero-order chi connectivity index (χ0) is 20.7. The van der Waals surface area contributed by atoms with E-state index in [1.54, 1.807) is 13.8 Å². The van der Waals surface area contributed by atoms with E-state index in [1.165, 1.54) is 17.4 Å². The van der Waals surface area contributed by atoms with Crippen LogP contribution in [0.25, 0.3) is 0 Å². The molecule has 0 spiro atoms. The summed E-state index contributed by atoms with van der Waals surface area (Å²) in [5, 5.41) is 3.14. The summed E-state index contributed by atoms with van der Waals surface area (Å²) < 4.78 is 10.2. The molecule has 8 heteroatoms. The Morgan fingerprint density at radius 1 is 1.32 bits per heavy atom. The number of nitrogens with one attached hydrogen (secondary N) is 2. The molecule has 2 atom stereocenters. The van der Waals surface area contributed by atoms with E-state index in [2.05, 4.69) is 18.8 Å². The topological polar surface area (TPSA) is 86.1 Å². The molecule has 2 heterocycles. The van der Waals surface area contributed by atoms with Crippen molar-refractivity contribution in [2.45, 2.75) is 33.6 Å². The number of rotatable bonds is 8. The lowest BCUT2D eigenvalue weighted by Crippen LogP contribution is -3.14. The summed E-state index contributed by atoms with van der Waals surface area (Å²) in [6.45, 7) is 11.6. The van der Waals surface area contributed by atoms with E-state index in [0.717, 1.165) is 30.8 Å². The van der Waals surface area contributed by atoms with Crippen LogP contribution in [0.4, 0.5) is 5.00 Å². The lowest BCUT2D eigenvalue weighted by atomic mass is 10.0. The number of thiophene rings is 1. The maximum Gasteiger partial charge on any atom is 0.348 e. The zero-order valence-electron chi connectivity index (χ0n) is 16.8. The van der Waals surface area contributed by atoms with Gasteiger partial charge >= 0.3 is 11.9 Å². The Morgan fingerprint density at radius 2 is 2.07 bits per heavy atom. The van der Waals surface area contributed by atoms with Crippen molar-refractivity contribution in [1.29, 1.82) is 0 Å². The number of hydrogen-bond donors (Lipinski definition) is 2. The van der Waals surface area contributed by atoms with Gasteiger partial charge in [0.15, 0.2) is 6.54 Å². The van der Waals surface area contributed by atoms with Gasteiger partial charge in [0, 0.05) is 5.92 Å². The molecule has 1 aliphatic heterocycles. The molecule has 1 aromatic heterocycles. The minimum atomic E-state index is -0.562. The van der Waals surface area contributed by atoms with Gasteiger partial charge in [-0.05, 0) is 32.3 Å². The van der Waals surface area contributed by atoms with Gasteiger partial charge in [0.1, 0.15) is 16.5 Å². The molecule has 1 unspecified atom stereocenters. The van der Waals surface area contributed by atoms with Crippen LogP contribution in [0.3, 0.4) is 0 Å². The Labute approximate surface area is 169 Å². The van der Waals surface area contributed by atoms with Crippen molar-refractivity contribution in [3.8, 4) is 0 Å². The van der Waals surface area contributed by atoms with Crippen molar-refractivity contribution in [2.24, 2.45) is 5.92 Å². The molecule has 0 saturated carbocycles. The van der Waals surface area contributed by atoms with Crippen LogP contribution in [0.5, 0.6) is 0 Å². The number of esters is 2. The van der Waals surface area contributed by atoms with Crippen LogP contribution in [0, 0.1) is 12.8 Å². The highest BCUT2D eigenvalue weighted by molar-refractivity contribution is 7.18. The molecule has 0 aromatic carbocycles. The van der Waals surface area contributed by atoms with Gasteiger partial charge < -0.3 is 19.7 Å². The number of quaternary nitrogens is 1. The maximum atomic E-state index is 12.6. The summed E-state index contributed by atoms with van der Waals surface area (Å²) in [6.07, 6.45) is 3.77. The molecule has 2 rings (SSSR count). The number of anilines is 1. The van der Waals surface area contributed by atoms with Gasteiger partial charge in [-0.2, -0.15) is 0 Å². The molecule has 1 aromatic rings. The normalized spacial score (nSPS) is 19.0. The van der Waals surface area contributed by atoms with Gasteiger partial charge in [-0.3, -0.25) is 4.79 Å². The minimum absolute atomic E-state index is 0.0725. The highest BCUT2D eigenvalue weighted by Crippen LogP contribution is 2.34. The Bertz CT molecular complexity index is 743. The second kappa shape index (κ2) is 10.4. The Morgan fingerprint density at radius 3 is 2.71 bits per heavy atom. The average Bonchev–Trinajstić information content (AvgIpc) is 2.95.